The van der Waals surface area contributed by atoms with Gasteiger partial charge in [-0.1, -0.05) is 46.3 Å². The number of carbonyl (C=O) groups excluding carboxylic acids is 2. The number of rotatable bonds is 4. The summed E-state index contributed by atoms with van der Waals surface area (Å²) >= 11 is 4.51. The van der Waals surface area contributed by atoms with Gasteiger partial charge in [-0.3, -0.25) is 9.59 Å². The van der Waals surface area contributed by atoms with Gasteiger partial charge in [0.1, 0.15) is 0 Å². The summed E-state index contributed by atoms with van der Waals surface area (Å²) in [7, 11) is 3.38. The van der Waals surface area contributed by atoms with E-state index in [1.54, 1.807) is 32.3 Å². The Bertz CT molecular complexity index is 775. The van der Waals surface area contributed by atoms with E-state index >= 15 is 0 Å². The number of para-hydroxylation sites is 1. The van der Waals surface area contributed by atoms with E-state index in [4.69, 9.17) is 0 Å². The molecule has 0 aromatic heterocycles. The summed E-state index contributed by atoms with van der Waals surface area (Å²) in [4.78, 5) is 26.2. The van der Waals surface area contributed by atoms with Gasteiger partial charge in [0.2, 0.25) is 5.91 Å². The second kappa shape index (κ2) is 8.70. The highest BCUT2D eigenvalue weighted by atomic mass is 79.9. The summed E-state index contributed by atoms with van der Waals surface area (Å²) < 4.78 is 0.918. The summed E-state index contributed by atoms with van der Waals surface area (Å²) in [5.41, 5.74) is 1.53. The van der Waals surface area contributed by atoms with E-state index in [0.29, 0.717) is 10.6 Å². The molecule has 0 aliphatic carbocycles. The number of anilines is 1. The summed E-state index contributed by atoms with van der Waals surface area (Å²) in [6.07, 6.45) is 3.20. The standard InChI is InChI=1S/C18H17BrN2O2S/c1-21(2)18(23)24-16-10-6-5-9-15(16)20-17(22)12-11-13-7-3-4-8-14(13)19/h3-12H,1-2H3,(H,20,22)/b12-11+. The van der Waals surface area contributed by atoms with Crippen molar-refractivity contribution in [2.75, 3.05) is 19.4 Å². The maximum Gasteiger partial charge on any atom is 0.286 e. The number of thioether (sulfide) groups is 1. The highest BCUT2D eigenvalue weighted by Gasteiger charge is 2.11. The largest absolute Gasteiger partial charge is 0.339 e. The summed E-state index contributed by atoms with van der Waals surface area (Å²) in [5.74, 6) is -0.254. The third-order valence-corrected chi connectivity index (χ3v) is 4.86. The normalized spacial score (nSPS) is 10.6. The summed E-state index contributed by atoms with van der Waals surface area (Å²) in [5, 5.41) is 2.72. The van der Waals surface area contributed by atoms with Crippen molar-refractivity contribution in [2.24, 2.45) is 0 Å². The number of nitrogens with one attached hydrogen (secondary N) is 1. The van der Waals surface area contributed by atoms with Gasteiger partial charge in [-0.25, -0.2) is 0 Å². The molecule has 0 unspecified atom stereocenters. The molecule has 0 bridgehead atoms. The Hall–Kier alpha value is -2.05. The number of amides is 2. The average Bonchev–Trinajstić information content (AvgIpc) is 2.55. The molecule has 0 spiro atoms. The highest BCUT2D eigenvalue weighted by molar-refractivity contribution is 9.10. The first kappa shape index (κ1) is 18.3. The molecule has 0 fully saturated rings. The molecule has 0 atom stereocenters. The zero-order valence-electron chi connectivity index (χ0n) is 13.3. The molecule has 0 heterocycles. The van der Waals surface area contributed by atoms with Crippen LogP contribution in [-0.2, 0) is 4.79 Å². The topological polar surface area (TPSA) is 49.4 Å². The molecular weight excluding hydrogens is 388 g/mol. The first-order valence-corrected chi connectivity index (χ1v) is 8.80. The molecule has 124 valence electrons. The molecule has 0 aliphatic heterocycles. The van der Waals surface area contributed by atoms with E-state index in [0.717, 1.165) is 21.8 Å². The van der Waals surface area contributed by atoms with Crippen LogP contribution in [0.1, 0.15) is 5.56 Å². The van der Waals surface area contributed by atoms with Crippen molar-refractivity contribution < 1.29 is 9.59 Å². The number of nitrogens with zero attached hydrogens (tertiary/aromatic N) is 1. The van der Waals surface area contributed by atoms with E-state index in [1.165, 1.54) is 11.0 Å². The number of benzene rings is 2. The molecule has 0 radical (unpaired) electrons. The molecule has 24 heavy (non-hydrogen) atoms. The van der Waals surface area contributed by atoms with Crippen molar-refractivity contribution in [3.63, 3.8) is 0 Å². The van der Waals surface area contributed by atoms with Crippen molar-refractivity contribution in [3.8, 4) is 0 Å². The lowest BCUT2D eigenvalue weighted by atomic mass is 10.2. The van der Waals surface area contributed by atoms with Crippen LogP contribution in [0.5, 0.6) is 0 Å². The minimum Gasteiger partial charge on any atom is -0.339 e. The van der Waals surface area contributed by atoms with Gasteiger partial charge in [-0.2, -0.15) is 0 Å². The minimum atomic E-state index is -0.254. The molecule has 2 aromatic rings. The first-order valence-electron chi connectivity index (χ1n) is 7.19. The van der Waals surface area contributed by atoms with Crippen LogP contribution in [0.3, 0.4) is 0 Å². The molecule has 1 N–H and O–H groups in total. The molecule has 0 saturated heterocycles. The number of hydrogen-bond acceptors (Lipinski definition) is 3. The fourth-order valence-electron chi connectivity index (χ4n) is 1.79. The Balaban J connectivity index is 2.09. The molecule has 2 amide bonds. The van der Waals surface area contributed by atoms with Crippen LogP contribution >= 0.6 is 27.7 Å². The zero-order valence-corrected chi connectivity index (χ0v) is 15.7. The third-order valence-electron chi connectivity index (χ3n) is 3.03. The lowest BCUT2D eigenvalue weighted by Crippen LogP contribution is -2.16. The van der Waals surface area contributed by atoms with E-state index in [9.17, 15) is 9.59 Å². The zero-order chi connectivity index (χ0) is 17.5. The fourth-order valence-corrected chi connectivity index (χ4v) is 2.96. The Kier molecular flexibility index (Phi) is 6.63. The fraction of sp³-hybridized carbons (Fsp3) is 0.111. The van der Waals surface area contributed by atoms with Crippen LogP contribution in [-0.4, -0.2) is 30.1 Å². The molecule has 2 rings (SSSR count). The van der Waals surface area contributed by atoms with Gasteiger partial charge in [-0.15, -0.1) is 0 Å². The van der Waals surface area contributed by atoms with Crippen LogP contribution in [0, 0.1) is 0 Å². The van der Waals surface area contributed by atoms with Crippen molar-refractivity contribution >= 4 is 50.6 Å². The van der Waals surface area contributed by atoms with Crippen molar-refractivity contribution in [3.05, 3.63) is 64.6 Å². The van der Waals surface area contributed by atoms with Gasteiger partial charge in [-0.05, 0) is 41.6 Å². The maximum absolute atomic E-state index is 12.2. The predicted molar refractivity (Wildman–Crippen MR) is 103 cm³/mol. The number of hydrogen-bond donors (Lipinski definition) is 1. The van der Waals surface area contributed by atoms with Crippen molar-refractivity contribution in [1.82, 2.24) is 4.90 Å². The molecule has 6 heteroatoms. The van der Waals surface area contributed by atoms with E-state index in [1.807, 2.05) is 36.4 Å². The Morgan fingerprint density at radius 3 is 2.46 bits per heavy atom. The quantitative estimate of drug-likeness (QED) is 0.583. The SMILES string of the molecule is CN(C)C(=O)Sc1ccccc1NC(=O)/C=C/c1ccccc1Br. The monoisotopic (exact) mass is 404 g/mol. The second-order valence-corrected chi connectivity index (χ2v) is 6.95. The molecule has 2 aromatic carbocycles. The highest BCUT2D eigenvalue weighted by Crippen LogP contribution is 2.28. The van der Waals surface area contributed by atoms with Gasteiger partial charge in [0.15, 0.2) is 0 Å². The lowest BCUT2D eigenvalue weighted by Gasteiger charge is -2.12. The smallest absolute Gasteiger partial charge is 0.286 e. The van der Waals surface area contributed by atoms with Crippen molar-refractivity contribution in [2.45, 2.75) is 4.90 Å². The predicted octanol–water partition coefficient (Wildman–Crippen LogP) is 4.87. The van der Waals surface area contributed by atoms with Crippen LogP contribution in [0.4, 0.5) is 10.5 Å². The molecule has 4 nitrogen and oxygen atoms in total. The van der Waals surface area contributed by atoms with E-state index < -0.39 is 0 Å². The minimum absolute atomic E-state index is 0.0968. The van der Waals surface area contributed by atoms with Gasteiger partial charge in [0.25, 0.3) is 5.24 Å². The number of carbonyl (C=O) groups is 2. The molecule has 0 aliphatic rings. The van der Waals surface area contributed by atoms with Crippen molar-refractivity contribution in [1.29, 1.82) is 0 Å². The van der Waals surface area contributed by atoms with Gasteiger partial charge in [0, 0.05) is 29.5 Å². The molecule has 0 saturated carbocycles. The summed E-state index contributed by atoms with van der Waals surface area (Å²) in [6, 6.07) is 14.9. The molecular formula is C18H17BrN2O2S. The van der Waals surface area contributed by atoms with E-state index in [-0.39, 0.29) is 11.1 Å². The third kappa shape index (κ3) is 5.25. The van der Waals surface area contributed by atoms with E-state index in [2.05, 4.69) is 21.2 Å². The van der Waals surface area contributed by atoms with Gasteiger partial charge < -0.3 is 10.2 Å². The maximum atomic E-state index is 12.2. The average molecular weight is 405 g/mol. The Morgan fingerprint density at radius 2 is 1.75 bits per heavy atom. The van der Waals surface area contributed by atoms with Crippen LogP contribution < -0.4 is 5.32 Å². The lowest BCUT2D eigenvalue weighted by molar-refractivity contribution is -0.111. The Morgan fingerprint density at radius 1 is 1.08 bits per heavy atom. The first-order chi connectivity index (χ1) is 11.5. The summed E-state index contributed by atoms with van der Waals surface area (Å²) in [6.45, 7) is 0. The van der Waals surface area contributed by atoms with Gasteiger partial charge >= 0.3 is 0 Å². The van der Waals surface area contributed by atoms with Crippen LogP contribution in [0.25, 0.3) is 6.08 Å². The van der Waals surface area contributed by atoms with Crippen LogP contribution in [0.2, 0.25) is 0 Å². The second-order valence-electron chi connectivity index (χ2n) is 5.10. The van der Waals surface area contributed by atoms with Crippen LogP contribution in [0.15, 0.2) is 64.0 Å². The Labute approximate surface area is 154 Å². The van der Waals surface area contributed by atoms with Gasteiger partial charge in [0.05, 0.1) is 5.69 Å². The number of halogens is 1.